The highest BCUT2D eigenvalue weighted by Crippen LogP contribution is 2.27. The van der Waals surface area contributed by atoms with Crippen molar-refractivity contribution in [3.63, 3.8) is 0 Å². The number of carbonyl (C=O) groups excluding carboxylic acids is 2. The molecule has 0 spiro atoms. The summed E-state index contributed by atoms with van der Waals surface area (Å²) in [5.41, 5.74) is 7.34. The number of nitrogens with two attached hydrogens (primary N) is 1. The van der Waals surface area contributed by atoms with Crippen molar-refractivity contribution >= 4 is 29.1 Å². The van der Waals surface area contributed by atoms with Crippen molar-refractivity contribution in [3.05, 3.63) is 52.0 Å². The van der Waals surface area contributed by atoms with Gasteiger partial charge in [0.15, 0.2) is 0 Å². The van der Waals surface area contributed by atoms with Gasteiger partial charge in [0.1, 0.15) is 16.8 Å². The molecule has 6 unspecified atom stereocenters. The Balaban J connectivity index is 2.12. The Hall–Kier alpha value is -2.82. The first-order chi connectivity index (χ1) is 18.3. The molecule has 1 aromatic heterocycles. The fraction of sp³-hybridized carbons (Fsp3) is 0.586. The van der Waals surface area contributed by atoms with Crippen LogP contribution in [-0.2, 0) is 16.0 Å². The SMILES string of the molecule is CCC(C)C(N)C(=O)N(C)C(CC(O)c1nc(C(=O)NC(Cc2ccccc2)CC(C)C(=O)O)cs1)C(C)C. The van der Waals surface area contributed by atoms with Gasteiger partial charge >= 0.3 is 5.97 Å². The smallest absolute Gasteiger partial charge is 0.306 e. The molecule has 9 nitrogen and oxygen atoms in total. The average molecular weight is 561 g/mol. The van der Waals surface area contributed by atoms with Crippen LogP contribution in [0.25, 0.3) is 0 Å². The predicted molar refractivity (Wildman–Crippen MR) is 153 cm³/mol. The van der Waals surface area contributed by atoms with Gasteiger partial charge in [-0.25, -0.2) is 4.98 Å². The van der Waals surface area contributed by atoms with E-state index in [0.29, 0.717) is 11.4 Å². The quantitative estimate of drug-likeness (QED) is 0.259. The van der Waals surface area contributed by atoms with Gasteiger partial charge in [0, 0.05) is 30.9 Å². The summed E-state index contributed by atoms with van der Waals surface area (Å²) in [5.74, 6) is -2.02. The van der Waals surface area contributed by atoms with Crippen LogP contribution in [0.3, 0.4) is 0 Å². The van der Waals surface area contributed by atoms with Gasteiger partial charge in [-0.2, -0.15) is 0 Å². The lowest BCUT2D eigenvalue weighted by atomic mass is 9.93. The van der Waals surface area contributed by atoms with Gasteiger partial charge in [-0.05, 0) is 30.2 Å². The van der Waals surface area contributed by atoms with Gasteiger partial charge in [-0.3, -0.25) is 14.4 Å². The molecule has 0 saturated carbocycles. The highest BCUT2D eigenvalue weighted by molar-refractivity contribution is 7.09. The van der Waals surface area contributed by atoms with E-state index >= 15 is 0 Å². The fourth-order valence-electron chi connectivity index (χ4n) is 4.53. The summed E-state index contributed by atoms with van der Waals surface area (Å²) in [6, 6.07) is 8.29. The normalized spacial score (nSPS) is 16.1. The molecule has 5 N–H and O–H groups in total. The fourth-order valence-corrected chi connectivity index (χ4v) is 5.32. The molecule has 0 aliphatic carbocycles. The number of aliphatic hydroxyl groups excluding tert-OH is 1. The lowest BCUT2D eigenvalue weighted by Crippen LogP contribution is -2.51. The predicted octanol–water partition coefficient (Wildman–Crippen LogP) is 3.87. The monoisotopic (exact) mass is 560 g/mol. The molecule has 0 aliphatic rings. The number of aromatic nitrogens is 1. The number of thiazole rings is 1. The Morgan fingerprint density at radius 2 is 1.74 bits per heavy atom. The third-order valence-corrected chi connectivity index (χ3v) is 8.33. The number of hydrogen-bond donors (Lipinski definition) is 4. The number of likely N-dealkylation sites (N-methyl/N-ethyl adjacent to an activating group) is 1. The summed E-state index contributed by atoms with van der Waals surface area (Å²) in [7, 11) is 1.72. The minimum atomic E-state index is -0.967. The maximum atomic E-state index is 13.1. The molecule has 0 saturated heterocycles. The summed E-state index contributed by atoms with van der Waals surface area (Å²) < 4.78 is 0. The van der Waals surface area contributed by atoms with E-state index < -0.39 is 36.0 Å². The van der Waals surface area contributed by atoms with Crippen molar-refractivity contribution < 1.29 is 24.6 Å². The first-order valence-corrected chi connectivity index (χ1v) is 14.5. The van der Waals surface area contributed by atoms with Gasteiger partial charge in [-0.1, -0.05) is 71.4 Å². The highest BCUT2D eigenvalue weighted by Gasteiger charge is 2.32. The van der Waals surface area contributed by atoms with E-state index in [4.69, 9.17) is 5.73 Å². The number of benzene rings is 1. The topological polar surface area (TPSA) is 146 Å². The van der Waals surface area contributed by atoms with E-state index in [2.05, 4.69) is 10.3 Å². The summed E-state index contributed by atoms with van der Waals surface area (Å²) in [6.45, 7) is 9.54. The van der Waals surface area contributed by atoms with Crippen molar-refractivity contribution in [1.82, 2.24) is 15.2 Å². The van der Waals surface area contributed by atoms with Crippen LogP contribution in [0.15, 0.2) is 35.7 Å². The molecular weight excluding hydrogens is 516 g/mol. The second kappa shape index (κ2) is 15.1. The average Bonchev–Trinajstić information content (AvgIpc) is 3.41. The van der Waals surface area contributed by atoms with Gasteiger partial charge in [0.05, 0.1) is 12.0 Å². The molecule has 1 aromatic carbocycles. The van der Waals surface area contributed by atoms with Crippen molar-refractivity contribution in [2.45, 2.75) is 84.5 Å². The van der Waals surface area contributed by atoms with Crippen LogP contribution in [0.4, 0.5) is 0 Å². The zero-order chi connectivity index (χ0) is 29.3. The van der Waals surface area contributed by atoms with Gasteiger partial charge in [-0.15, -0.1) is 11.3 Å². The zero-order valence-corrected chi connectivity index (χ0v) is 24.6. The second-order valence-corrected chi connectivity index (χ2v) is 11.7. The third-order valence-electron chi connectivity index (χ3n) is 7.38. The highest BCUT2D eigenvalue weighted by atomic mass is 32.1. The van der Waals surface area contributed by atoms with Crippen molar-refractivity contribution in [1.29, 1.82) is 0 Å². The molecule has 0 aliphatic heterocycles. The van der Waals surface area contributed by atoms with Gasteiger partial charge < -0.3 is 26.2 Å². The van der Waals surface area contributed by atoms with E-state index in [1.165, 1.54) is 11.3 Å². The van der Waals surface area contributed by atoms with E-state index in [1.807, 2.05) is 58.0 Å². The number of carbonyl (C=O) groups is 3. The molecule has 10 heteroatoms. The lowest BCUT2D eigenvalue weighted by molar-refractivity contribution is -0.141. The van der Waals surface area contributed by atoms with E-state index in [-0.39, 0.29) is 42.3 Å². The molecule has 2 aromatic rings. The zero-order valence-electron chi connectivity index (χ0n) is 23.8. The molecule has 1 heterocycles. The second-order valence-electron chi connectivity index (χ2n) is 10.8. The summed E-state index contributed by atoms with van der Waals surface area (Å²) >= 11 is 1.18. The first-order valence-electron chi connectivity index (χ1n) is 13.6. The minimum Gasteiger partial charge on any atom is -0.481 e. The maximum absolute atomic E-state index is 13.1. The number of nitrogens with one attached hydrogen (secondary N) is 1. The summed E-state index contributed by atoms with van der Waals surface area (Å²) in [6.07, 6.45) is 0.838. The molecule has 39 heavy (non-hydrogen) atoms. The Labute approximate surface area is 235 Å². The first kappa shape index (κ1) is 32.4. The molecule has 216 valence electrons. The number of aliphatic carboxylic acids is 1. The van der Waals surface area contributed by atoms with Crippen molar-refractivity contribution in [2.75, 3.05) is 7.05 Å². The van der Waals surface area contributed by atoms with Crippen LogP contribution in [0.1, 0.15) is 81.0 Å². The minimum absolute atomic E-state index is 0.0434. The number of nitrogens with zero attached hydrogens (tertiary/aromatic N) is 2. The van der Waals surface area contributed by atoms with Crippen LogP contribution >= 0.6 is 11.3 Å². The Morgan fingerprint density at radius 1 is 1.10 bits per heavy atom. The van der Waals surface area contributed by atoms with E-state index in [9.17, 15) is 24.6 Å². The summed E-state index contributed by atoms with van der Waals surface area (Å²) in [5, 5.41) is 25.3. The van der Waals surface area contributed by atoms with E-state index in [0.717, 1.165) is 12.0 Å². The Bertz CT molecular complexity index is 1080. The molecule has 2 amide bonds. The Morgan fingerprint density at radius 3 is 2.31 bits per heavy atom. The number of amides is 2. The van der Waals surface area contributed by atoms with Crippen molar-refractivity contribution in [3.8, 4) is 0 Å². The van der Waals surface area contributed by atoms with Crippen LogP contribution in [0, 0.1) is 17.8 Å². The molecule has 2 rings (SSSR count). The molecular formula is C29H44N4O5S. The van der Waals surface area contributed by atoms with E-state index in [1.54, 1.807) is 24.3 Å². The van der Waals surface area contributed by atoms with Crippen LogP contribution in [0.2, 0.25) is 0 Å². The van der Waals surface area contributed by atoms with Gasteiger partial charge in [0.2, 0.25) is 5.91 Å². The molecule has 6 atom stereocenters. The summed E-state index contributed by atoms with van der Waals surface area (Å²) in [4.78, 5) is 43.5. The molecule has 0 bridgehead atoms. The van der Waals surface area contributed by atoms with Gasteiger partial charge in [0.25, 0.3) is 5.91 Å². The maximum Gasteiger partial charge on any atom is 0.306 e. The lowest BCUT2D eigenvalue weighted by Gasteiger charge is -2.35. The van der Waals surface area contributed by atoms with Crippen LogP contribution in [-0.4, -0.2) is 63.1 Å². The van der Waals surface area contributed by atoms with Crippen LogP contribution in [0.5, 0.6) is 0 Å². The number of rotatable bonds is 15. The van der Waals surface area contributed by atoms with Crippen LogP contribution < -0.4 is 11.1 Å². The largest absolute Gasteiger partial charge is 0.481 e. The number of carboxylic acids is 1. The third kappa shape index (κ3) is 9.40. The number of hydrogen-bond acceptors (Lipinski definition) is 7. The molecule has 0 fully saturated rings. The number of carboxylic acid groups (broad SMARTS) is 1. The number of aliphatic hydroxyl groups is 1. The standard InChI is InChI=1S/C29H44N4O5S/c1-7-18(4)25(30)28(36)33(6)23(17(2)3)15-24(34)27-32-22(16-39-27)26(35)31-21(13-19(5)29(37)38)14-20-11-9-8-10-12-20/h8-12,16-19,21,23-25,34H,7,13-15,30H2,1-6H3,(H,31,35)(H,37,38). The Kier molecular flexibility index (Phi) is 12.5. The molecule has 0 radical (unpaired) electrons. The van der Waals surface area contributed by atoms with Crippen molar-refractivity contribution in [2.24, 2.45) is 23.5 Å².